The average Bonchev–Trinajstić information content (AvgIpc) is 3.47. The van der Waals surface area contributed by atoms with Crippen molar-refractivity contribution in [3.8, 4) is 11.3 Å². The van der Waals surface area contributed by atoms with E-state index in [0.29, 0.717) is 25.9 Å². The fourth-order valence-electron chi connectivity index (χ4n) is 5.09. The van der Waals surface area contributed by atoms with Crippen LogP contribution in [0.25, 0.3) is 11.3 Å². The lowest BCUT2D eigenvalue weighted by atomic mass is 9.80. The van der Waals surface area contributed by atoms with Gasteiger partial charge in [0.2, 0.25) is 11.8 Å². The quantitative estimate of drug-likeness (QED) is 0.513. The molecule has 1 fully saturated rings. The molecule has 2 amide bonds. The van der Waals surface area contributed by atoms with Gasteiger partial charge in [0.05, 0.1) is 30.6 Å². The van der Waals surface area contributed by atoms with Crippen molar-refractivity contribution < 1.29 is 19.5 Å². The predicted octanol–water partition coefficient (Wildman–Crippen LogP) is 2.96. The van der Waals surface area contributed by atoms with Crippen LogP contribution in [0.3, 0.4) is 0 Å². The van der Waals surface area contributed by atoms with Crippen molar-refractivity contribution in [3.05, 3.63) is 70.0 Å². The molecular weight excluding hydrogens is 476 g/mol. The van der Waals surface area contributed by atoms with Crippen molar-refractivity contribution in [1.29, 1.82) is 0 Å². The first kappa shape index (κ1) is 24.1. The van der Waals surface area contributed by atoms with Crippen molar-refractivity contribution in [2.45, 2.75) is 25.8 Å². The summed E-state index contributed by atoms with van der Waals surface area (Å²) in [6.07, 6.45) is 0.637. The summed E-state index contributed by atoms with van der Waals surface area (Å²) in [5.74, 6) is -1.13. The fourth-order valence-corrected chi connectivity index (χ4v) is 5.84. The van der Waals surface area contributed by atoms with Gasteiger partial charge in [-0.05, 0) is 43.1 Å². The third-order valence-electron chi connectivity index (χ3n) is 6.99. The Hall–Kier alpha value is -3.56. The molecule has 0 unspecified atom stereocenters. The first-order valence-electron chi connectivity index (χ1n) is 11.9. The lowest BCUT2D eigenvalue weighted by Crippen LogP contribution is -2.48. The van der Waals surface area contributed by atoms with E-state index in [2.05, 4.69) is 10.3 Å². The van der Waals surface area contributed by atoms with Gasteiger partial charge < -0.3 is 15.3 Å². The van der Waals surface area contributed by atoms with Crippen LogP contribution >= 0.6 is 11.3 Å². The minimum absolute atomic E-state index is 0.0919. The third-order valence-corrected chi connectivity index (χ3v) is 7.83. The number of carbonyl (C=O) groups excluding carboxylic acids is 2. The van der Waals surface area contributed by atoms with E-state index in [1.54, 1.807) is 4.90 Å². The number of carboxylic acid groups (broad SMARTS) is 1. The van der Waals surface area contributed by atoms with Crippen LogP contribution in [-0.4, -0.2) is 59.5 Å². The van der Waals surface area contributed by atoms with Crippen molar-refractivity contribution >= 4 is 34.8 Å². The van der Waals surface area contributed by atoms with Gasteiger partial charge in [0.1, 0.15) is 5.01 Å². The van der Waals surface area contributed by atoms with Crippen LogP contribution in [0, 0.1) is 5.41 Å². The first-order valence-corrected chi connectivity index (χ1v) is 12.8. The molecule has 0 bridgehead atoms. The van der Waals surface area contributed by atoms with Gasteiger partial charge in [-0.3, -0.25) is 19.3 Å². The van der Waals surface area contributed by atoms with Gasteiger partial charge in [0.25, 0.3) is 0 Å². The summed E-state index contributed by atoms with van der Waals surface area (Å²) in [7, 11) is 1.94. The second-order valence-corrected chi connectivity index (χ2v) is 10.6. The van der Waals surface area contributed by atoms with Gasteiger partial charge in [-0.1, -0.05) is 36.4 Å². The summed E-state index contributed by atoms with van der Waals surface area (Å²) in [4.78, 5) is 45.6. The number of carbonyl (C=O) groups is 3. The van der Waals surface area contributed by atoms with Gasteiger partial charge in [-0.15, -0.1) is 11.3 Å². The summed E-state index contributed by atoms with van der Waals surface area (Å²) in [5, 5.41) is 15.1. The number of amides is 2. The van der Waals surface area contributed by atoms with Crippen molar-refractivity contribution in [2.75, 3.05) is 31.6 Å². The van der Waals surface area contributed by atoms with E-state index in [9.17, 15) is 19.5 Å². The van der Waals surface area contributed by atoms with Gasteiger partial charge in [0.15, 0.2) is 0 Å². The maximum absolute atomic E-state index is 13.2. The maximum atomic E-state index is 13.2. The molecule has 2 heterocycles. The molecule has 2 N–H and O–H groups in total. The maximum Gasteiger partial charge on any atom is 0.304 e. The highest BCUT2D eigenvalue weighted by Gasteiger charge is 2.45. The summed E-state index contributed by atoms with van der Waals surface area (Å²) in [6.45, 7) is 2.18. The summed E-state index contributed by atoms with van der Waals surface area (Å²) < 4.78 is 0. The molecule has 8 nitrogen and oxygen atoms in total. The lowest BCUT2D eigenvalue weighted by Gasteiger charge is -2.32. The third kappa shape index (κ3) is 4.89. The number of aliphatic carboxylic acids is 1. The SMILES string of the molecule is CN1CCN(c2ccc(-c3csc(CNC(=O)C4(CC(=O)O)Cc5ccccc5C4)n3)cc2)C(=O)C1. The molecule has 3 aromatic rings. The summed E-state index contributed by atoms with van der Waals surface area (Å²) >= 11 is 1.45. The van der Waals surface area contributed by atoms with Gasteiger partial charge in [0, 0.05) is 29.7 Å². The van der Waals surface area contributed by atoms with Gasteiger partial charge in [-0.25, -0.2) is 4.98 Å². The number of nitrogens with one attached hydrogen (secondary N) is 1. The smallest absolute Gasteiger partial charge is 0.304 e. The van der Waals surface area contributed by atoms with E-state index >= 15 is 0 Å². The Morgan fingerprint density at radius 1 is 1.08 bits per heavy atom. The molecule has 186 valence electrons. The zero-order valence-electron chi connectivity index (χ0n) is 20.1. The normalized spacial score (nSPS) is 17.1. The van der Waals surface area contributed by atoms with Crippen LogP contribution in [0.15, 0.2) is 53.9 Å². The largest absolute Gasteiger partial charge is 0.481 e. The Morgan fingerprint density at radius 2 is 1.78 bits per heavy atom. The molecule has 0 spiro atoms. The number of aromatic nitrogens is 1. The number of carboxylic acids is 1. The van der Waals surface area contributed by atoms with Crippen LogP contribution in [-0.2, 0) is 33.8 Å². The Bertz CT molecular complexity index is 1280. The minimum Gasteiger partial charge on any atom is -0.481 e. The van der Waals surface area contributed by atoms with Crippen LogP contribution in [0.2, 0.25) is 0 Å². The minimum atomic E-state index is -0.980. The number of hydrogen-bond donors (Lipinski definition) is 2. The molecular formula is C27H28N4O4S. The van der Waals surface area contributed by atoms with E-state index in [1.807, 2.05) is 65.9 Å². The molecule has 2 aromatic carbocycles. The Balaban J connectivity index is 1.24. The van der Waals surface area contributed by atoms with E-state index in [-0.39, 0.29) is 24.8 Å². The molecule has 1 aromatic heterocycles. The van der Waals surface area contributed by atoms with Crippen molar-refractivity contribution in [3.63, 3.8) is 0 Å². The number of nitrogens with zero attached hydrogens (tertiary/aromatic N) is 3. The fraction of sp³-hybridized carbons (Fsp3) is 0.333. The number of rotatable bonds is 7. The van der Waals surface area contributed by atoms with Crippen molar-refractivity contribution in [2.24, 2.45) is 5.41 Å². The average molecular weight is 505 g/mol. The Labute approximate surface area is 213 Å². The molecule has 1 saturated heterocycles. The second-order valence-electron chi connectivity index (χ2n) is 9.61. The number of likely N-dealkylation sites (N-methyl/N-ethyl adjacent to an activating group) is 1. The predicted molar refractivity (Wildman–Crippen MR) is 138 cm³/mol. The molecule has 0 saturated carbocycles. The monoisotopic (exact) mass is 504 g/mol. The first-order chi connectivity index (χ1) is 17.3. The van der Waals surface area contributed by atoms with Gasteiger partial charge >= 0.3 is 5.97 Å². The molecule has 0 radical (unpaired) electrons. The van der Waals surface area contributed by atoms with E-state index in [4.69, 9.17) is 0 Å². The van der Waals surface area contributed by atoms with Crippen LogP contribution in [0.1, 0.15) is 22.6 Å². The second kappa shape index (κ2) is 9.83. The number of benzene rings is 2. The topological polar surface area (TPSA) is 103 Å². The zero-order chi connectivity index (χ0) is 25.3. The molecule has 2 aliphatic rings. The highest BCUT2D eigenvalue weighted by Crippen LogP contribution is 2.40. The molecule has 5 rings (SSSR count). The molecule has 9 heteroatoms. The number of piperazine rings is 1. The Kier molecular flexibility index (Phi) is 6.59. The van der Waals surface area contributed by atoms with Gasteiger partial charge in [-0.2, -0.15) is 0 Å². The standard InChI is InChI=1S/C27H28N4O4S/c1-30-10-11-31(24(32)16-30)21-8-6-18(7-9-21)22-17-36-23(29-22)15-28-26(35)27(14-25(33)34)12-19-4-2-3-5-20(19)13-27/h2-9,17H,10-16H2,1H3,(H,28,35)(H,33,34). The number of fused-ring (bicyclic) bond motifs is 1. The Morgan fingerprint density at radius 3 is 2.42 bits per heavy atom. The van der Waals surface area contributed by atoms with Crippen LogP contribution in [0.5, 0.6) is 0 Å². The van der Waals surface area contributed by atoms with Crippen molar-refractivity contribution in [1.82, 2.24) is 15.2 Å². The highest BCUT2D eigenvalue weighted by atomic mass is 32.1. The molecule has 36 heavy (non-hydrogen) atoms. The van der Waals surface area contributed by atoms with E-state index < -0.39 is 11.4 Å². The number of thiazole rings is 1. The highest BCUT2D eigenvalue weighted by molar-refractivity contribution is 7.09. The van der Waals surface area contributed by atoms with E-state index in [0.717, 1.165) is 39.6 Å². The lowest BCUT2D eigenvalue weighted by molar-refractivity contribution is -0.145. The van der Waals surface area contributed by atoms with Crippen LogP contribution in [0.4, 0.5) is 5.69 Å². The number of hydrogen-bond acceptors (Lipinski definition) is 6. The molecule has 0 atom stereocenters. The summed E-state index contributed by atoms with van der Waals surface area (Å²) in [6, 6.07) is 15.5. The van der Waals surface area contributed by atoms with E-state index in [1.165, 1.54) is 11.3 Å². The number of anilines is 1. The summed E-state index contributed by atoms with van der Waals surface area (Å²) in [5.41, 5.74) is 3.70. The van der Waals surface area contributed by atoms with Crippen LogP contribution < -0.4 is 10.2 Å². The molecule has 1 aliphatic carbocycles. The zero-order valence-corrected chi connectivity index (χ0v) is 20.9. The molecule has 1 aliphatic heterocycles.